The molecule has 1 fully saturated rings. The lowest BCUT2D eigenvalue weighted by Gasteiger charge is -2.32. The van der Waals surface area contributed by atoms with E-state index < -0.39 is 11.4 Å². The maximum absolute atomic E-state index is 11.4. The number of anilines is 1. The summed E-state index contributed by atoms with van der Waals surface area (Å²) >= 11 is 0. The van der Waals surface area contributed by atoms with E-state index >= 15 is 0 Å². The normalized spacial score (nSPS) is 17.1. The Labute approximate surface area is 129 Å². The molecule has 7 heteroatoms. The lowest BCUT2D eigenvalue weighted by atomic mass is 9.90. The predicted molar refractivity (Wildman–Crippen MR) is 83.4 cm³/mol. The number of imidazole rings is 1. The molecule has 0 saturated carbocycles. The second-order valence-electron chi connectivity index (χ2n) is 6.34. The number of carboxylic acids is 1. The van der Waals surface area contributed by atoms with E-state index in [0.29, 0.717) is 11.3 Å². The van der Waals surface area contributed by atoms with E-state index in [1.165, 1.54) is 0 Å². The van der Waals surface area contributed by atoms with Gasteiger partial charge >= 0.3 is 5.97 Å². The van der Waals surface area contributed by atoms with Crippen LogP contribution in [0.3, 0.4) is 0 Å². The molecule has 0 bridgehead atoms. The number of aliphatic carboxylic acids is 1. The van der Waals surface area contributed by atoms with Crippen LogP contribution in [0.15, 0.2) is 18.3 Å². The zero-order chi connectivity index (χ0) is 15.9. The van der Waals surface area contributed by atoms with Crippen molar-refractivity contribution in [2.24, 2.45) is 0 Å². The first-order chi connectivity index (χ1) is 10.4. The first-order valence-corrected chi connectivity index (χ1v) is 7.42. The van der Waals surface area contributed by atoms with Gasteiger partial charge < -0.3 is 14.9 Å². The van der Waals surface area contributed by atoms with Crippen LogP contribution in [0.5, 0.6) is 0 Å². The number of aromatic nitrogens is 3. The number of carboxylic acid groups (broad SMARTS) is 1. The highest BCUT2D eigenvalue weighted by Crippen LogP contribution is 2.23. The van der Waals surface area contributed by atoms with Gasteiger partial charge in [-0.3, -0.25) is 4.79 Å². The van der Waals surface area contributed by atoms with Crippen LogP contribution in [0, 0.1) is 0 Å². The van der Waals surface area contributed by atoms with Crippen molar-refractivity contribution in [2.45, 2.75) is 19.3 Å². The van der Waals surface area contributed by atoms with Gasteiger partial charge in [-0.2, -0.15) is 0 Å². The van der Waals surface area contributed by atoms with Gasteiger partial charge in [0, 0.05) is 26.2 Å². The predicted octanol–water partition coefficient (Wildman–Crippen LogP) is 0.843. The number of hydrogen-bond donors (Lipinski definition) is 1. The highest BCUT2D eigenvalue weighted by molar-refractivity contribution is 5.79. The average molecular weight is 303 g/mol. The van der Waals surface area contributed by atoms with E-state index in [0.717, 1.165) is 32.0 Å². The van der Waals surface area contributed by atoms with Crippen molar-refractivity contribution >= 4 is 17.4 Å². The molecule has 1 N–H and O–H groups in total. The van der Waals surface area contributed by atoms with E-state index in [4.69, 9.17) is 0 Å². The number of nitrogens with zero attached hydrogens (tertiary/aromatic N) is 5. The van der Waals surface area contributed by atoms with Gasteiger partial charge in [-0.1, -0.05) is 0 Å². The summed E-state index contributed by atoms with van der Waals surface area (Å²) < 4.78 is 1.67. The molecule has 0 unspecified atom stereocenters. The van der Waals surface area contributed by atoms with E-state index in [-0.39, 0.29) is 0 Å². The number of rotatable bonds is 3. The summed E-state index contributed by atoms with van der Waals surface area (Å²) in [4.78, 5) is 20.3. The zero-order valence-electron chi connectivity index (χ0n) is 13.2. The van der Waals surface area contributed by atoms with Gasteiger partial charge in [-0.15, -0.1) is 5.10 Å². The molecule has 0 atom stereocenters. The Morgan fingerprint density at radius 2 is 1.91 bits per heavy atom. The second-order valence-corrected chi connectivity index (χ2v) is 6.34. The molecule has 1 saturated heterocycles. The summed E-state index contributed by atoms with van der Waals surface area (Å²) in [5.74, 6) is 0.00729. The van der Waals surface area contributed by atoms with Gasteiger partial charge in [-0.25, -0.2) is 9.50 Å². The van der Waals surface area contributed by atoms with Crippen molar-refractivity contribution in [3.63, 3.8) is 0 Å². The number of carbonyl (C=O) groups is 1. The minimum absolute atomic E-state index is 0.517. The van der Waals surface area contributed by atoms with Crippen molar-refractivity contribution in [1.29, 1.82) is 0 Å². The molecule has 22 heavy (non-hydrogen) atoms. The maximum atomic E-state index is 11.4. The Morgan fingerprint density at radius 1 is 1.23 bits per heavy atom. The highest BCUT2D eigenvalue weighted by atomic mass is 16.4. The third-order valence-corrected chi connectivity index (χ3v) is 4.31. The quantitative estimate of drug-likeness (QED) is 0.906. The van der Waals surface area contributed by atoms with Crippen molar-refractivity contribution in [3.8, 4) is 0 Å². The van der Waals surface area contributed by atoms with E-state index in [1.54, 1.807) is 24.6 Å². The molecular weight excluding hydrogens is 282 g/mol. The van der Waals surface area contributed by atoms with Crippen LogP contribution in [0.4, 0.5) is 5.82 Å². The van der Waals surface area contributed by atoms with Gasteiger partial charge in [0.05, 0.1) is 11.9 Å². The number of piperazine rings is 1. The second kappa shape index (κ2) is 5.24. The van der Waals surface area contributed by atoms with Crippen LogP contribution in [-0.4, -0.2) is 63.8 Å². The van der Waals surface area contributed by atoms with Crippen LogP contribution in [0.1, 0.15) is 19.5 Å². The minimum atomic E-state index is -1.03. The first kappa shape index (κ1) is 14.8. The third kappa shape index (κ3) is 2.52. The third-order valence-electron chi connectivity index (χ3n) is 4.31. The molecule has 0 spiro atoms. The van der Waals surface area contributed by atoms with Crippen molar-refractivity contribution in [1.82, 2.24) is 19.5 Å². The molecule has 3 heterocycles. The fraction of sp³-hybridized carbons (Fsp3) is 0.533. The van der Waals surface area contributed by atoms with E-state index in [9.17, 15) is 9.90 Å². The Morgan fingerprint density at radius 3 is 2.55 bits per heavy atom. The Hall–Kier alpha value is -2.15. The average Bonchev–Trinajstić information content (AvgIpc) is 2.91. The molecule has 118 valence electrons. The highest BCUT2D eigenvalue weighted by Gasteiger charge is 2.32. The Balaban J connectivity index is 1.92. The molecule has 7 nitrogen and oxygen atoms in total. The molecular formula is C15H21N5O2. The largest absolute Gasteiger partial charge is 0.481 e. The summed E-state index contributed by atoms with van der Waals surface area (Å²) in [6, 6.07) is 3.84. The summed E-state index contributed by atoms with van der Waals surface area (Å²) in [6.07, 6.45) is 1.71. The molecule has 1 aliphatic rings. The smallest absolute Gasteiger partial charge is 0.315 e. The van der Waals surface area contributed by atoms with Crippen LogP contribution >= 0.6 is 0 Å². The molecule has 3 rings (SSSR count). The Kier molecular flexibility index (Phi) is 3.52. The van der Waals surface area contributed by atoms with Crippen LogP contribution in [-0.2, 0) is 10.2 Å². The van der Waals surface area contributed by atoms with Crippen molar-refractivity contribution < 1.29 is 9.90 Å². The van der Waals surface area contributed by atoms with Crippen LogP contribution in [0.25, 0.3) is 5.65 Å². The molecule has 2 aromatic rings. The van der Waals surface area contributed by atoms with Crippen LogP contribution < -0.4 is 4.90 Å². The molecule has 0 aliphatic carbocycles. The lowest BCUT2D eigenvalue weighted by molar-refractivity contribution is -0.142. The fourth-order valence-electron chi connectivity index (χ4n) is 2.49. The molecule has 0 amide bonds. The van der Waals surface area contributed by atoms with Gasteiger partial charge in [0.1, 0.15) is 11.2 Å². The van der Waals surface area contributed by atoms with Gasteiger partial charge in [0.15, 0.2) is 5.65 Å². The van der Waals surface area contributed by atoms with Crippen molar-refractivity contribution in [3.05, 3.63) is 24.0 Å². The number of likely N-dealkylation sites (N-methyl/N-ethyl adjacent to an activating group) is 1. The molecule has 0 aromatic carbocycles. The van der Waals surface area contributed by atoms with Crippen molar-refractivity contribution in [2.75, 3.05) is 38.1 Å². The topological polar surface area (TPSA) is 74.0 Å². The lowest BCUT2D eigenvalue weighted by Crippen LogP contribution is -2.44. The van der Waals surface area contributed by atoms with Gasteiger partial charge in [-0.05, 0) is 33.0 Å². The van der Waals surface area contributed by atoms with E-state index in [2.05, 4.69) is 26.9 Å². The minimum Gasteiger partial charge on any atom is -0.481 e. The summed E-state index contributed by atoms with van der Waals surface area (Å²) in [5, 5.41) is 13.9. The number of fused-ring (bicyclic) bond motifs is 1. The van der Waals surface area contributed by atoms with Gasteiger partial charge in [0.25, 0.3) is 0 Å². The summed E-state index contributed by atoms with van der Waals surface area (Å²) in [6.45, 7) is 7.22. The van der Waals surface area contributed by atoms with Gasteiger partial charge in [0.2, 0.25) is 0 Å². The number of hydrogen-bond acceptors (Lipinski definition) is 5. The molecule has 2 aromatic heterocycles. The standard InChI is InChI=1S/C15H21N5O2/c1-15(2,14(21)22)11-10-20-12(16-11)4-5-13(17-20)19-8-6-18(3)7-9-19/h4-5,10H,6-9H2,1-3H3,(H,21,22). The zero-order valence-corrected chi connectivity index (χ0v) is 13.2. The monoisotopic (exact) mass is 303 g/mol. The molecule has 1 aliphatic heterocycles. The van der Waals surface area contributed by atoms with Crippen LogP contribution in [0.2, 0.25) is 0 Å². The summed E-state index contributed by atoms with van der Waals surface area (Å²) in [5.41, 5.74) is 0.159. The summed E-state index contributed by atoms with van der Waals surface area (Å²) in [7, 11) is 2.12. The SMILES string of the molecule is CN1CCN(c2ccc3nc(C(C)(C)C(=O)O)cn3n2)CC1. The van der Waals surface area contributed by atoms with E-state index in [1.807, 2.05) is 12.1 Å². The first-order valence-electron chi connectivity index (χ1n) is 7.42. The Bertz CT molecular complexity index is 701. The fourth-order valence-corrected chi connectivity index (χ4v) is 2.49. The maximum Gasteiger partial charge on any atom is 0.315 e. The molecule has 0 radical (unpaired) electrons.